The Morgan fingerprint density at radius 1 is 0.574 bits per heavy atom. The molecule has 1 unspecified atom stereocenters. The van der Waals surface area contributed by atoms with E-state index in [4.69, 9.17) is 24.3 Å². The fourth-order valence-electron chi connectivity index (χ4n) is 5.01. The fourth-order valence-corrected chi connectivity index (χ4v) is 5.77. The zero-order valence-corrected chi connectivity index (χ0v) is 34.6. The molecule has 0 saturated carbocycles. The molecule has 0 aliphatic carbocycles. The Balaban J connectivity index is 4.34. The molecule has 0 aromatic carbocycles. The molecule has 0 saturated heterocycles. The van der Waals surface area contributed by atoms with Gasteiger partial charge in [-0.3, -0.25) is 18.6 Å². The van der Waals surface area contributed by atoms with Gasteiger partial charge in [0.25, 0.3) is 0 Å². The first-order valence-corrected chi connectivity index (χ1v) is 22.1. The van der Waals surface area contributed by atoms with E-state index >= 15 is 0 Å². The topological polar surface area (TPSA) is 134 Å². The summed E-state index contributed by atoms with van der Waals surface area (Å²) in [4.78, 5) is 34.8. The third-order valence-corrected chi connectivity index (χ3v) is 9.01. The molecule has 54 heavy (non-hydrogen) atoms. The molecule has 3 N–H and O–H groups in total. The van der Waals surface area contributed by atoms with Gasteiger partial charge >= 0.3 is 19.8 Å². The number of ether oxygens (including phenoxy) is 2. The fraction of sp³-hybridized carbons (Fsp3) is 0.636. The van der Waals surface area contributed by atoms with E-state index in [-0.39, 0.29) is 32.6 Å². The van der Waals surface area contributed by atoms with Crippen LogP contribution in [0.3, 0.4) is 0 Å². The maximum Gasteiger partial charge on any atom is 0.472 e. The number of phosphoric acid groups is 1. The summed E-state index contributed by atoms with van der Waals surface area (Å²) in [7, 11) is -4.40. The Labute approximate surface area is 328 Å². The molecule has 0 spiro atoms. The number of unbranched alkanes of at least 4 members (excludes halogenated alkanes) is 10. The molecule has 0 aliphatic rings. The van der Waals surface area contributed by atoms with E-state index in [1.165, 1.54) is 32.1 Å². The molecule has 0 fully saturated rings. The van der Waals surface area contributed by atoms with E-state index in [0.29, 0.717) is 12.8 Å². The molecule has 0 bridgehead atoms. The van der Waals surface area contributed by atoms with E-state index in [9.17, 15) is 19.0 Å². The minimum atomic E-state index is -4.40. The molecule has 0 aliphatic heterocycles. The van der Waals surface area contributed by atoms with Crippen LogP contribution in [-0.2, 0) is 32.7 Å². The van der Waals surface area contributed by atoms with E-state index in [0.717, 1.165) is 77.0 Å². The number of esters is 2. The maximum absolute atomic E-state index is 12.5. The predicted octanol–water partition coefficient (Wildman–Crippen LogP) is 11.7. The lowest BCUT2D eigenvalue weighted by molar-refractivity contribution is -0.161. The number of hydrogen-bond donors (Lipinski definition) is 2. The first-order chi connectivity index (χ1) is 26.3. The summed E-state index contributed by atoms with van der Waals surface area (Å²) >= 11 is 0. The number of allylic oxidation sites excluding steroid dienone is 14. The number of carbonyl (C=O) groups is 2. The molecule has 9 nitrogen and oxygen atoms in total. The van der Waals surface area contributed by atoms with Crippen molar-refractivity contribution in [2.75, 3.05) is 26.4 Å². The van der Waals surface area contributed by atoms with Crippen LogP contribution in [0.2, 0.25) is 0 Å². The molecule has 10 heteroatoms. The van der Waals surface area contributed by atoms with Crippen LogP contribution >= 0.6 is 7.82 Å². The van der Waals surface area contributed by atoms with Crippen molar-refractivity contribution >= 4 is 19.8 Å². The van der Waals surface area contributed by atoms with Gasteiger partial charge in [0.05, 0.1) is 13.2 Å². The van der Waals surface area contributed by atoms with Crippen LogP contribution in [0.1, 0.15) is 149 Å². The lowest BCUT2D eigenvalue weighted by Crippen LogP contribution is -2.29. The molecule has 308 valence electrons. The Hall–Kier alpha value is -2.81. The average molecular weight is 776 g/mol. The van der Waals surface area contributed by atoms with Crippen molar-refractivity contribution < 1.29 is 37.6 Å². The number of nitrogens with two attached hydrogens (primary N) is 1. The zero-order chi connectivity index (χ0) is 39.6. The van der Waals surface area contributed by atoms with Gasteiger partial charge in [-0.25, -0.2) is 4.57 Å². The van der Waals surface area contributed by atoms with Gasteiger partial charge in [-0.2, -0.15) is 0 Å². The highest BCUT2D eigenvalue weighted by Gasteiger charge is 2.25. The van der Waals surface area contributed by atoms with Crippen molar-refractivity contribution in [3.05, 3.63) is 85.1 Å². The molecular formula is C44H74NO8P. The van der Waals surface area contributed by atoms with Crippen molar-refractivity contribution in [2.45, 2.75) is 155 Å². The van der Waals surface area contributed by atoms with Crippen LogP contribution in [0.5, 0.6) is 0 Å². The first-order valence-electron chi connectivity index (χ1n) is 20.6. The van der Waals surface area contributed by atoms with Crippen molar-refractivity contribution in [3.8, 4) is 0 Å². The molecule has 0 heterocycles. The van der Waals surface area contributed by atoms with E-state index in [1.54, 1.807) is 0 Å². The quantitative estimate of drug-likeness (QED) is 0.0274. The normalized spacial score (nSPS) is 14.2. The van der Waals surface area contributed by atoms with Crippen molar-refractivity contribution in [1.29, 1.82) is 0 Å². The molecule has 0 radical (unpaired) electrons. The molecule has 0 amide bonds. The average Bonchev–Trinajstić information content (AvgIpc) is 3.16. The third kappa shape index (κ3) is 38.9. The van der Waals surface area contributed by atoms with Crippen molar-refractivity contribution in [3.63, 3.8) is 0 Å². The van der Waals surface area contributed by atoms with Gasteiger partial charge in [-0.15, -0.1) is 0 Å². The Bertz CT molecular complexity index is 1160. The monoisotopic (exact) mass is 776 g/mol. The predicted molar refractivity (Wildman–Crippen MR) is 224 cm³/mol. The van der Waals surface area contributed by atoms with Crippen molar-refractivity contribution in [1.82, 2.24) is 0 Å². The van der Waals surface area contributed by atoms with Gasteiger partial charge in [0, 0.05) is 19.4 Å². The number of hydrogen-bond acceptors (Lipinski definition) is 8. The third-order valence-electron chi connectivity index (χ3n) is 8.03. The minimum Gasteiger partial charge on any atom is -0.462 e. The number of carbonyl (C=O) groups excluding carboxylic acids is 2. The first kappa shape index (κ1) is 51.2. The Kier molecular flexibility index (Phi) is 37.8. The highest BCUT2D eigenvalue weighted by atomic mass is 31.2. The van der Waals surface area contributed by atoms with Gasteiger partial charge in [-0.1, -0.05) is 144 Å². The summed E-state index contributed by atoms with van der Waals surface area (Å²) in [5.74, 6) is -0.945. The molecule has 0 aromatic rings. The van der Waals surface area contributed by atoms with Gasteiger partial charge in [0.15, 0.2) is 6.10 Å². The largest absolute Gasteiger partial charge is 0.472 e. The summed E-state index contributed by atoms with van der Waals surface area (Å²) in [5, 5.41) is 0. The van der Waals surface area contributed by atoms with Crippen LogP contribution < -0.4 is 5.73 Å². The standard InChI is InChI=1S/C44H74NO8P/c1-3-5-7-9-11-13-15-17-19-20-21-22-23-25-26-28-30-32-34-36-43(46)50-40-42(41-52-54(48,49)51-39-38-45)53-44(47)37-35-33-31-29-27-24-18-16-14-12-10-8-6-4-2/h5,7,11,13,16-19,21-22,25-26,30,32,42H,3-4,6,8-10,12,14-15,20,23-24,27-29,31,33-41,45H2,1-2H3,(H,48,49)/b7-5-,13-11-,18-16-,19-17-,22-21-,26-25-,32-30-/t42-/m1/s1. The van der Waals surface area contributed by atoms with Gasteiger partial charge in [-0.05, 0) is 77.0 Å². The van der Waals surface area contributed by atoms with Crippen molar-refractivity contribution in [2.24, 2.45) is 5.73 Å². The maximum atomic E-state index is 12.5. The summed E-state index contributed by atoms with van der Waals surface area (Å²) in [6.45, 7) is 3.49. The van der Waals surface area contributed by atoms with E-state index in [1.807, 2.05) is 12.2 Å². The van der Waals surface area contributed by atoms with E-state index < -0.39 is 32.5 Å². The second-order valence-corrected chi connectivity index (χ2v) is 14.6. The molecule has 0 aromatic heterocycles. The summed E-state index contributed by atoms with van der Waals surface area (Å²) in [5.41, 5.74) is 5.33. The lowest BCUT2D eigenvalue weighted by atomic mass is 10.1. The van der Waals surface area contributed by atoms with Crippen LogP contribution in [0.25, 0.3) is 0 Å². The Morgan fingerprint density at radius 3 is 1.59 bits per heavy atom. The SMILES string of the molecule is CC/C=C\C/C=C\C/C=C\C/C=C\C/C=C\C/C=C\CCC(=O)OC[C@H](COP(=O)(O)OCCN)OC(=O)CCCCCCC/C=C\CCCCCCC. The summed E-state index contributed by atoms with van der Waals surface area (Å²) in [6, 6.07) is 0. The van der Waals surface area contributed by atoms with E-state index in [2.05, 4.69) is 86.8 Å². The second-order valence-electron chi connectivity index (χ2n) is 13.1. The van der Waals surface area contributed by atoms with Gasteiger partial charge in [0.1, 0.15) is 6.61 Å². The minimum absolute atomic E-state index is 0.0383. The molecule has 2 atom stereocenters. The van der Waals surface area contributed by atoms with Gasteiger partial charge in [0.2, 0.25) is 0 Å². The number of rotatable bonds is 37. The van der Waals surface area contributed by atoms with Crippen LogP contribution in [0.15, 0.2) is 85.1 Å². The van der Waals surface area contributed by atoms with Gasteiger partial charge < -0.3 is 20.1 Å². The Morgan fingerprint density at radius 2 is 1.06 bits per heavy atom. The lowest BCUT2D eigenvalue weighted by Gasteiger charge is -2.19. The second kappa shape index (κ2) is 39.9. The number of phosphoric ester groups is 1. The highest BCUT2D eigenvalue weighted by molar-refractivity contribution is 7.47. The van der Waals surface area contributed by atoms with Crippen LogP contribution in [-0.4, -0.2) is 49.3 Å². The zero-order valence-electron chi connectivity index (χ0n) is 33.7. The molecular weight excluding hydrogens is 701 g/mol. The van der Waals surface area contributed by atoms with Crippen LogP contribution in [0, 0.1) is 0 Å². The molecule has 0 rings (SSSR count). The summed E-state index contributed by atoms with van der Waals surface area (Å²) < 4.78 is 32.6. The smallest absolute Gasteiger partial charge is 0.462 e. The van der Waals surface area contributed by atoms with Crippen LogP contribution in [0.4, 0.5) is 0 Å². The highest BCUT2D eigenvalue weighted by Crippen LogP contribution is 2.43. The summed E-state index contributed by atoms with van der Waals surface area (Å²) in [6.07, 6.45) is 49.1.